The van der Waals surface area contributed by atoms with Crippen LogP contribution >= 0.6 is 24.2 Å². The Kier molecular flexibility index (Phi) is 6.18. The molecular weight excluding hydrogens is 386 g/mol. The van der Waals surface area contributed by atoms with E-state index >= 15 is 0 Å². The molecule has 1 aliphatic heterocycles. The van der Waals surface area contributed by atoms with Crippen molar-refractivity contribution >= 4 is 46.7 Å². The number of anilines is 1. The molecule has 3 heterocycles. The van der Waals surface area contributed by atoms with Crippen molar-refractivity contribution < 1.29 is 4.92 Å². The SMILES string of the molecule is Cl.O=[N+]([O-])c1nccn1CCCNc1c2c(nc3ccccc13)CCSC2. The van der Waals surface area contributed by atoms with Gasteiger partial charge in [-0.15, -0.1) is 12.4 Å². The van der Waals surface area contributed by atoms with Crippen LogP contribution in [0, 0.1) is 10.1 Å². The molecule has 0 fully saturated rings. The third kappa shape index (κ3) is 4.01. The van der Waals surface area contributed by atoms with Crippen LogP contribution in [0.1, 0.15) is 17.7 Å². The number of thioether (sulfide) groups is 1. The third-order valence-corrected chi connectivity index (χ3v) is 5.53. The van der Waals surface area contributed by atoms with Crippen molar-refractivity contribution in [3.63, 3.8) is 0 Å². The van der Waals surface area contributed by atoms with Crippen LogP contribution in [0.15, 0.2) is 36.7 Å². The summed E-state index contributed by atoms with van der Waals surface area (Å²) in [6.45, 7) is 1.30. The minimum Gasteiger partial charge on any atom is -0.390 e. The molecule has 2 aromatic heterocycles. The Morgan fingerprint density at radius 2 is 2.19 bits per heavy atom. The maximum Gasteiger partial charge on any atom is 0.434 e. The van der Waals surface area contributed by atoms with Crippen molar-refractivity contribution in [2.75, 3.05) is 17.6 Å². The van der Waals surface area contributed by atoms with Crippen molar-refractivity contribution in [3.05, 3.63) is 58.0 Å². The summed E-state index contributed by atoms with van der Waals surface area (Å²) in [5.74, 6) is 1.98. The van der Waals surface area contributed by atoms with Gasteiger partial charge < -0.3 is 15.4 Å². The first-order valence-corrected chi connectivity index (χ1v) is 9.77. The fourth-order valence-corrected chi connectivity index (χ4v) is 4.32. The Balaban J connectivity index is 0.00000210. The summed E-state index contributed by atoms with van der Waals surface area (Å²) in [6, 6.07) is 8.20. The van der Waals surface area contributed by atoms with E-state index in [4.69, 9.17) is 4.98 Å². The van der Waals surface area contributed by atoms with Crippen LogP contribution in [0.4, 0.5) is 11.6 Å². The maximum atomic E-state index is 10.9. The molecular formula is C18H20ClN5O2S. The largest absolute Gasteiger partial charge is 0.434 e. The molecule has 0 saturated heterocycles. The molecule has 0 saturated carbocycles. The molecule has 0 aliphatic carbocycles. The van der Waals surface area contributed by atoms with Gasteiger partial charge in [-0.3, -0.25) is 4.98 Å². The Hall–Kier alpha value is -2.32. The fourth-order valence-electron chi connectivity index (χ4n) is 3.32. The number of benzene rings is 1. The van der Waals surface area contributed by atoms with E-state index in [1.807, 2.05) is 23.9 Å². The number of pyridine rings is 1. The van der Waals surface area contributed by atoms with Gasteiger partial charge in [0.15, 0.2) is 0 Å². The molecule has 1 N–H and O–H groups in total. The number of fused-ring (bicyclic) bond motifs is 2. The topological polar surface area (TPSA) is 85.9 Å². The summed E-state index contributed by atoms with van der Waals surface area (Å²) < 4.78 is 1.58. The molecule has 1 aliphatic rings. The first kappa shape index (κ1) is 19.4. The van der Waals surface area contributed by atoms with Crippen molar-refractivity contribution in [3.8, 4) is 0 Å². The Labute approximate surface area is 167 Å². The maximum absolute atomic E-state index is 10.9. The molecule has 27 heavy (non-hydrogen) atoms. The number of nitrogens with zero attached hydrogens (tertiary/aromatic N) is 4. The van der Waals surface area contributed by atoms with Crippen LogP contribution in [0.2, 0.25) is 0 Å². The first-order chi connectivity index (χ1) is 12.7. The van der Waals surface area contributed by atoms with Crippen LogP contribution in [-0.2, 0) is 18.7 Å². The summed E-state index contributed by atoms with van der Waals surface area (Å²) in [4.78, 5) is 19.1. The predicted molar refractivity (Wildman–Crippen MR) is 111 cm³/mol. The van der Waals surface area contributed by atoms with Gasteiger partial charge in [0.1, 0.15) is 12.4 Å². The molecule has 0 bridgehead atoms. The number of para-hydroxylation sites is 1. The molecule has 142 valence electrons. The van der Waals surface area contributed by atoms with Gasteiger partial charge in [0.25, 0.3) is 0 Å². The molecule has 0 unspecified atom stereocenters. The van der Waals surface area contributed by atoms with Gasteiger partial charge in [-0.25, -0.2) is 4.57 Å². The monoisotopic (exact) mass is 405 g/mol. The summed E-state index contributed by atoms with van der Waals surface area (Å²) in [5.41, 5.74) is 4.67. The molecule has 0 amide bonds. The second-order valence-electron chi connectivity index (χ2n) is 6.19. The number of imidazole rings is 1. The summed E-state index contributed by atoms with van der Waals surface area (Å²) in [6.07, 6.45) is 4.89. The van der Waals surface area contributed by atoms with E-state index in [9.17, 15) is 10.1 Å². The lowest BCUT2D eigenvalue weighted by Crippen LogP contribution is -2.13. The quantitative estimate of drug-likeness (QED) is 0.378. The van der Waals surface area contributed by atoms with Crippen LogP contribution in [-0.4, -0.2) is 31.8 Å². The first-order valence-electron chi connectivity index (χ1n) is 8.61. The third-order valence-electron chi connectivity index (χ3n) is 4.54. The minimum atomic E-state index is -0.447. The number of hydrogen-bond donors (Lipinski definition) is 1. The Morgan fingerprint density at radius 1 is 1.33 bits per heavy atom. The number of aromatic nitrogens is 3. The zero-order valence-electron chi connectivity index (χ0n) is 14.6. The number of nitrogens with one attached hydrogen (secondary N) is 1. The van der Waals surface area contributed by atoms with Crippen LogP contribution in [0.3, 0.4) is 0 Å². The van der Waals surface area contributed by atoms with E-state index < -0.39 is 4.92 Å². The van der Waals surface area contributed by atoms with Crippen molar-refractivity contribution in [1.29, 1.82) is 0 Å². The lowest BCUT2D eigenvalue weighted by molar-refractivity contribution is -0.396. The van der Waals surface area contributed by atoms with Crippen LogP contribution in [0.5, 0.6) is 0 Å². The molecule has 3 aromatic rings. The lowest BCUT2D eigenvalue weighted by atomic mass is 10.0. The van der Waals surface area contributed by atoms with E-state index in [1.165, 1.54) is 17.5 Å². The average Bonchev–Trinajstić information content (AvgIpc) is 3.13. The Morgan fingerprint density at radius 3 is 3.04 bits per heavy atom. The summed E-state index contributed by atoms with van der Waals surface area (Å²) in [5, 5.41) is 15.7. The number of nitro groups is 1. The van der Waals surface area contributed by atoms with Crippen LogP contribution in [0.25, 0.3) is 10.9 Å². The normalized spacial score (nSPS) is 13.0. The van der Waals surface area contributed by atoms with E-state index in [0.29, 0.717) is 6.54 Å². The van der Waals surface area contributed by atoms with Crippen molar-refractivity contribution in [2.45, 2.75) is 25.1 Å². The molecule has 9 heteroatoms. The fraction of sp³-hybridized carbons (Fsp3) is 0.333. The van der Waals surface area contributed by atoms with Crippen LogP contribution < -0.4 is 5.32 Å². The number of hydrogen-bond acceptors (Lipinski definition) is 6. The highest BCUT2D eigenvalue weighted by atomic mass is 35.5. The Bertz CT molecular complexity index is 962. The number of rotatable bonds is 6. The smallest absolute Gasteiger partial charge is 0.390 e. The van der Waals surface area contributed by atoms with E-state index in [1.54, 1.807) is 10.8 Å². The van der Waals surface area contributed by atoms with E-state index in [2.05, 4.69) is 22.4 Å². The highest BCUT2D eigenvalue weighted by Gasteiger charge is 2.18. The minimum absolute atomic E-state index is 0. The zero-order chi connectivity index (χ0) is 17.9. The molecule has 4 rings (SSSR count). The summed E-state index contributed by atoms with van der Waals surface area (Å²) >= 11 is 1.94. The average molecular weight is 406 g/mol. The van der Waals surface area contributed by atoms with Gasteiger partial charge in [-0.05, 0) is 29.6 Å². The molecule has 7 nitrogen and oxygen atoms in total. The van der Waals surface area contributed by atoms with Gasteiger partial charge in [-0.2, -0.15) is 11.8 Å². The predicted octanol–water partition coefficient (Wildman–Crippen LogP) is 4.05. The standard InChI is InChI=1S/C18H19N5O2S.ClH/c24-23(25)18-20-8-10-22(18)9-3-7-19-17-13-4-1-2-5-15(13)21-16-6-11-26-12-14(16)17;/h1-2,4-5,8,10H,3,6-7,9,11-12H2,(H,19,21);1H. The molecule has 0 spiro atoms. The molecule has 0 atom stereocenters. The zero-order valence-corrected chi connectivity index (χ0v) is 16.3. The summed E-state index contributed by atoms with van der Waals surface area (Å²) in [7, 11) is 0. The van der Waals surface area contributed by atoms with E-state index in [0.717, 1.165) is 47.5 Å². The van der Waals surface area contributed by atoms with Crippen molar-refractivity contribution in [1.82, 2.24) is 14.5 Å². The number of aryl methyl sites for hydroxylation is 2. The second kappa shape index (κ2) is 8.58. The lowest BCUT2D eigenvalue weighted by Gasteiger charge is -2.21. The van der Waals surface area contributed by atoms with Gasteiger partial charge in [-0.1, -0.05) is 23.2 Å². The number of halogens is 1. The van der Waals surface area contributed by atoms with Gasteiger partial charge in [0, 0.05) is 34.6 Å². The van der Waals surface area contributed by atoms with E-state index in [-0.39, 0.29) is 18.4 Å². The molecule has 1 aromatic carbocycles. The van der Waals surface area contributed by atoms with Gasteiger partial charge in [0.05, 0.1) is 12.1 Å². The highest BCUT2D eigenvalue weighted by Crippen LogP contribution is 2.34. The van der Waals surface area contributed by atoms with Gasteiger partial charge in [0.2, 0.25) is 0 Å². The van der Waals surface area contributed by atoms with Gasteiger partial charge >= 0.3 is 5.95 Å². The molecule has 0 radical (unpaired) electrons. The van der Waals surface area contributed by atoms with Crippen molar-refractivity contribution in [2.24, 2.45) is 0 Å². The highest BCUT2D eigenvalue weighted by molar-refractivity contribution is 7.98. The second-order valence-corrected chi connectivity index (χ2v) is 7.30.